The molecule has 19 heavy (non-hydrogen) atoms. The molecule has 0 aromatic heterocycles. The quantitative estimate of drug-likeness (QED) is 0.881. The van der Waals surface area contributed by atoms with Crippen LogP contribution in [0.1, 0.15) is 24.0 Å². The molecule has 2 rings (SSSR count). The van der Waals surface area contributed by atoms with Crippen molar-refractivity contribution in [2.24, 2.45) is 5.92 Å². The summed E-state index contributed by atoms with van der Waals surface area (Å²) in [4.78, 5) is 0.361. The minimum Gasteiger partial charge on any atom is -0.316 e. The summed E-state index contributed by atoms with van der Waals surface area (Å²) in [6.07, 6.45) is 2.21. The number of aryl methyl sites for hydroxylation is 2. The maximum atomic E-state index is 12.2. The van der Waals surface area contributed by atoms with Crippen molar-refractivity contribution in [2.75, 3.05) is 19.6 Å². The molecule has 0 aliphatic carbocycles. The van der Waals surface area contributed by atoms with E-state index < -0.39 is 10.0 Å². The molecule has 1 saturated heterocycles. The first-order valence-corrected chi connectivity index (χ1v) is 8.25. The zero-order valence-corrected chi connectivity index (χ0v) is 12.4. The van der Waals surface area contributed by atoms with E-state index in [9.17, 15) is 8.42 Å². The Hall–Kier alpha value is -0.910. The third-order valence-corrected chi connectivity index (χ3v) is 5.17. The molecule has 0 unspecified atom stereocenters. The van der Waals surface area contributed by atoms with E-state index in [0.29, 0.717) is 17.4 Å². The SMILES string of the molecule is Cc1ccc(S(=O)(=O)NC[C@@H]2CCCNC2)cc1C. The van der Waals surface area contributed by atoms with Crippen LogP contribution in [0, 0.1) is 19.8 Å². The highest BCUT2D eigenvalue weighted by molar-refractivity contribution is 7.89. The normalized spacial score (nSPS) is 20.4. The molecule has 4 nitrogen and oxygen atoms in total. The molecule has 0 radical (unpaired) electrons. The Morgan fingerprint density at radius 1 is 1.32 bits per heavy atom. The molecule has 5 heteroatoms. The molecular formula is C14H22N2O2S. The van der Waals surface area contributed by atoms with Gasteiger partial charge in [-0.2, -0.15) is 0 Å². The molecule has 106 valence electrons. The van der Waals surface area contributed by atoms with Gasteiger partial charge < -0.3 is 5.32 Å². The standard InChI is InChI=1S/C14H22N2O2S/c1-11-5-6-14(8-12(11)2)19(17,18)16-10-13-4-3-7-15-9-13/h5-6,8,13,15-16H,3-4,7,9-10H2,1-2H3/t13-/m1/s1. The van der Waals surface area contributed by atoms with Crippen LogP contribution in [0.2, 0.25) is 0 Å². The summed E-state index contributed by atoms with van der Waals surface area (Å²) in [6, 6.07) is 5.26. The zero-order chi connectivity index (χ0) is 13.9. The van der Waals surface area contributed by atoms with Gasteiger partial charge in [0.1, 0.15) is 0 Å². The molecule has 1 aromatic carbocycles. The van der Waals surface area contributed by atoms with E-state index in [4.69, 9.17) is 0 Å². The number of hydrogen-bond donors (Lipinski definition) is 2. The van der Waals surface area contributed by atoms with Crippen LogP contribution in [0.3, 0.4) is 0 Å². The first kappa shape index (κ1) is 14.5. The van der Waals surface area contributed by atoms with E-state index in [1.54, 1.807) is 12.1 Å². The van der Waals surface area contributed by atoms with Crippen LogP contribution in [0.15, 0.2) is 23.1 Å². The molecule has 1 aliphatic rings. The fourth-order valence-electron chi connectivity index (χ4n) is 2.29. The van der Waals surface area contributed by atoms with Gasteiger partial charge in [-0.05, 0) is 69.0 Å². The highest BCUT2D eigenvalue weighted by Gasteiger charge is 2.18. The van der Waals surface area contributed by atoms with Crippen molar-refractivity contribution in [1.82, 2.24) is 10.0 Å². The highest BCUT2D eigenvalue weighted by atomic mass is 32.2. The Labute approximate surface area is 115 Å². The van der Waals surface area contributed by atoms with Crippen LogP contribution < -0.4 is 10.0 Å². The smallest absolute Gasteiger partial charge is 0.240 e. The van der Waals surface area contributed by atoms with Crippen LogP contribution >= 0.6 is 0 Å². The fraction of sp³-hybridized carbons (Fsp3) is 0.571. The van der Waals surface area contributed by atoms with E-state index in [2.05, 4.69) is 10.0 Å². The van der Waals surface area contributed by atoms with Crippen molar-refractivity contribution >= 4 is 10.0 Å². The van der Waals surface area contributed by atoms with Gasteiger partial charge in [0.2, 0.25) is 10.0 Å². The number of nitrogens with one attached hydrogen (secondary N) is 2. The first-order valence-electron chi connectivity index (χ1n) is 6.77. The molecular weight excluding hydrogens is 260 g/mol. The molecule has 1 heterocycles. The van der Waals surface area contributed by atoms with Gasteiger partial charge in [-0.15, -0.1) is 0 Å². The van der Waals surface area contributed by atoms with Gasteiger partial charge in [-0.25, -0.2) is 13.1 Å². The van der Waals surface area contributed by atoms with Gasteiger partial charge in [0.15, 0.2) is 0 Å². The molecule has 0 saturated carbocycles. The molecule has 0 amide bonds. The summed E-state index contributed by atoms with van der Waals surface area (Å²) in [5.41, 5.74) is 2.11. The average Bonchev–Trinajstić information content (AvgIpc) is 2.41. The summed E-state index contributed by atoms with van der Waals surface area (Å²) < 4.78 is 27.1. The van der Waals surface area contributed by atoms with E-state index in [1.807, 2.05) is 19.9 Å². The maximum Gasteiger partial charge on any atom is 0.240 e. The largest absolute Gasteiger partial charge is 0.316 e. The van der Waals surface area contributed by atoms with Crippen molar-refractivity contribution in [2.45, 2.75) is 31.6 Å². The molecule has 0 spiro atoms. The monoisotopic (exact) mass is 282 g/mol. The van der Waals surface area contributed by atoms with Gasteiger partial charge in [-0.3, -0.25) is 0 Å². The zero-order valence-electron chi connectivity index (χ0n) is 11.6. The van der Waals surface area contributed by atoms with Crippen molar-refractivity contribution < 1.29 is 8.42 Å². The Bertz CT molecular complexity index is 534. The number of sulfonamides is 1. The van der Waals surface area contributed by atoms with Crippen LogP contribution in [0.4, 0.5) is 0 Å². The van der Waals surface area contributed by atoms with Crippen molar-refractivity contribution in [3.05, 3.63) is 29.3 Å². The maximum absolute atomic E-state index is 12.2. The number of hydrogen-bond acceptors (Lipinski definition) is 3. The van der Waals surface area contributed by atoms with Crippen molar-refractivity contribution in [1.29, 1.82) is 0 Å². The first-order chi connectivity index (χ1) is 8.99. The van der Waals surface area contributed by atoms with Crippen LogP contribution in [-0.2, 0) is 10.0 Å². The number of rotatable bonds is 4. The van der Waals surface area contributed by atoms with Crippen LogP contribution in [-0.4, -0.2) is 28.1 Å². The lowest BCUT2D eigenvalue weighted by Gasteiger charge is -2.22. The van der Waals surface area contributed by atoms with Gasteiger partial charge in [0.25, 0.3) is 0 Å². The van der Waals surface area contributed by atoms with Gasteiger partial charge in [-0.1, -0.05) is 6.07 Å². The Morgan fingerprint density at radius 3 is 2.74 bits per heavy atom. The van der Waals surface area contributed by atoms with Crippen LogP contribution in [0.5, 0.6) is 0 Å². The van der Waals surface area contributed by atoms with Gasteiger partial charge in [0.05, 0.1) is 4.90 Å². The summed E-state index contributed by atoms with van der Waals surface area (Å²) >= 11 is 0. The lowest BCUT2D eigenvalue weighted by atomic mass is 10.0. The van der Waals surface area contributed by atoms with E-state index in [-0.39, 0.29) is 0 Å². The molecule has 1 aromatic rings. The summed E-state index contributed by atoms with van der Waals surface area (Å²) in [5.74, 6) is 0.398. The highest BCUT2D eigenvalue weighted by Crippen LogP contribution is 2.15. The molecule has 2 N–H and O–H groups in total. The fourth-order valence-corrected chi connectivity index (χ4v) is 3.49. The van der Waals surface area contributed by atoms with Gasteiger partial charge in [0, 0.05) is 6.54 Å². The minimum absolute atomic E-state index is 0.361. The third-order valence-electron chi connectivity index (χ3n) is 3.75. The Balaban J connectivity index is 2.02. The van der Waals surface area contributed by atoms with Crippen LogP contribution in [0.25, 0.3) is 0 Å². The predicted molar refractivity (Wildman–Crippen MR) is 76.7 cm³/mol. The number of piperidine rings is 1. The summed E-state index contributed by atoms with van der Waals surface area (Å²) in [6.45, 7) is 6.37. The lowest BCUT2D eigenvalue weighted by Crippen LogP contribution is -2.38. The second-order valence-electron chi connectivity index (χ2n) is 5.31. The van der Waals surface area contributed by atoms with Crippen molar-refractivity contribution in [3.8, 4) is 0 Å². The summed E-state index contributed by atoms with van der Waals surface area (Å²) in [7, 11) is -3.38. The van der Waals surface area contributed by atoms with E-state index in [0.717, 1.165) is 37.1 Å². The second-order valence-corrected chi connectivity index (χ2v) is 7.08. The molecule has 1 fully saturated rings. The molecule has 0 bridgehead atoms. The second kappa shape index (κ2) is 6.03. The van der Waals surface area contributed by atoms with Crippen molar-refractivity contribution in [3.63, 3.8) is 0 Å². The predicted octanol–water partition coefficient (Wildman–Crippen LogP) is 1.58. The summed E-state index contributed by atoms with van der Waals surface area (Å²) in [5, 5.41) is 3.29. The van der Waals surface area contributed by atoms with E-state index in [1.165, 1.54) is 0 Å². The lowest BCUT2D eigenvalue weighted by molar-refractivity contribution is 0.376. The topological polar surface area (TPSA) is 58.2 Å². The molecule has 1 atom stereocenters. The minimum atomic E-state index is -3.38. The third kappa shape index (κ3) is 3.78. The Morgan fingerprint density at radius 2 is 2.11 bits per heavy atom. The Kier molecular flexibility index (Phi) is 4.60. The van der Waals surface area contributed by atoms with Gasteiger partial charge >= 0.3 is 0 Å². The molecule has 1 aliphatic heterocycles. The number of benzene rings is 1. The van der Waals surface area contributed by atoms with E-state index >= 15 is 0 Å². The average molecular weight is 282 g/mol.